The van der Waals surface area contributed by atoms with Crippen LogP contribution < -0.4 is 11.1 Å². The maximum Gasteiger partial charge on any atom is 0.158 e. The fourth-order valence-corrected chi connectivity index (χ4v) is 2.61. The molecule has 0 bridgehead atoms. The molecular formula is C15H27N5O. The number of nitrogens with one attached hydrogen (secondary N) is 1. The van der Waals surface area contributed by atoms with Crippen LogP contribution in [-0.2, 0) is 11.3 Å². The van der Waals surface area contributed by atoms with Crippen LogP contribution in [0.25, 0.3) is 0 Å². The van der Waals surface area contributed by atoms with E-state index in [2.05, 4.69) is 34.0 Å². The lowest BCUT2D eigenvalue weighted by atomic mass is 10.1. The summed E-state index contributed by atoms with van der Waals surface area (Å²) in [7, 11) is 0. The molecular weight excluding hydrogens is 266 g/mol. The number of nitrogen functional groups attached to an aromatic ring is 1. The average Bonchev–Trinajstić information content (AvgIpc) is 2.91. The highest BCUT2D eigenvalue weighted by Crippen LogP contribution is 2.19. The molecule has 2 rings (SSSR count). The first-order valence-electron chi connectivity index (χ1n) is 7.77. The van der Waals surface area contributed by atoms with Crippen LogP contribution in [0.5, 0.6) is 0 Å². The van der Waals surface area contributed by atoms with Crippen molar-refractivity contribution >= 4 is 11.6 Å². The molecule has 3 N–H and O–H groups in total. The summed E-state index contributed by atoms with van der Waals surface area (Å²) in [6.07, 6.45) is 1.23. The van der Waals surface area contributed by atoms with Crippen molar-refractivity contribution in [2.75, 3.05) is 37.3 Å². The third-order valence-electron chi connectivity index (χ3n) is 3.85. The van der Waals surface area contributed by atoms with Gasteiger partial charge in [-0.1, -0.05) is 0 Å². The van der Waals surface area contributed by atoms with Crippen molar-refractivity contribution in [3.8, 4) is 0 Å². The Hall–Kier alpha value is -1.40. The quantitative estimate of drug-likeness (QED) is 0.797. The van der Waals surface area contributed by atoms with E-state index in [0.717, 1.165) is 18.9 Å². The van der Waals surface area contributed by atoms with Gasteiger partial charge < -0.3 is 20.7 Å². The highest BCUT2D eigenvalue weighted by Gasteiger charge is 2.23. The summed E-state index contributed by atoms with van der Waals surface area (Å²) in [5, 5.41) is 3.39. The molecule has 0 radical (unpaired) electrons. The SMILES string of the molecule is CCOCc1nc(N)cc(NCC2CCN(C(C)C)C2)n1. The van der Waals surface area contributed by atoms with Gasteiger partial charge in [-0.25, -0.2) is 9.97 Å². The average molecular weight is 293 g/mol. The van der Waals surface area contributed by atoms with Gasteiger partial charge in [0.15, 0.2) is 5.82 Å². The lowest BCUT2D eigenvalue weighted by Gasteiger charge is -2.20. The Bertz CT molecular complexity index is 452. The van der Waals surface area contributed by atoms with Gasteiger partial charge in [0.1, 0.15) is 18.2 Å². The van der Waals surface area contributed by atoms with Crippen molar-refractivity contribution in [1.29, 1.82) is 0 Å². The normalized spacial score (nSPS) is 19.3. The molecule has 118 valence electrons. The molecule has 0 amide bonds. The minimum Gasteiger partial charge on any atom is -0.384 e. The Kier molecular flexibility index (Phi) is 5.76. The largest absolute Gasteiger partial charge is 0.384 e. The van der Waals surface area contributed by atoms with E-state index < -0.39 is 0 Å². The van der Waals surface area contributed by atoms with E-state index in [1.54, 1.807) is 6.07 Å². The first-order valence-corrected chi connectivity index (χ1v) is 7.77. The summed E-state index contributed by atoms with van der Waals surface area (Å²) in [4.78, 5) is 11.1. The zero-order valence-electron chi connectivity index (χ0n) is 13.3. The highest BCUT2D eigenvalue weighted by atomic mass is 16.5. The Morgan fingerprint density at radius 3 is 2.95 bits per heavy atom. The summed E-state index contributed by atoms with van der Waals surface area (Å²) >= 11 is 0. The topological polar surface area (TPSA) is 76.3 Å². The van der Waals surface area contributed by atoms with E-state index in [1.807, 2.05) is 6.92 Å². The van der Waals surface area contributed by atoms with Crippen LogP contribution in [0, 0.1) is 5.92 Å². The second kappa shape index (κ2) is 7.56. The molecule has 21 heavy (non-hydrogen) atoms. The number of nitrogens with zero attached hydrogens (tertiary/aromatic N) is 3. The number of likely N-dealkylation sites (tertiary alicyclic amines) is 1. The monoisotopic (exact) mass is 293 g/mol. The lowest BCUT2D eigenvalue weighted by molar-refractivity contribution is 0.128. The standard InChI is InChI=1S/C15H27N5O/c1-4-21-10-15-18-13(16)7-14(19-15)17-8-12-5-6-20(9-12)11(2)3/h7,11-12H,4-6,8-10H2,1-3H3,(H3,16,17,18,19). The van der Waals surface area contributed by atoms with Gasteiger partial charge in [0.25, 0.3) is 0 Å². The molecule has 1 aromatic heterocycles. The van der Waals surface area contributed by atoms with Gasteiger partial charge >= 0.3 is 0 Å². The molecule has 0 saturated carbocycles. The number of ether oxygens (including phenoxy) is 1. The van der Waals surface area contributed by atoms with Crippen LogP contribution in [0.15, 0.2) is 6.07 Å². The van der Waals surface area contributed by atoms with Crippen molar-refractivity contribution in [2.45, 2.75) is 39.8 Å². The van der Waals surface area contributed by atoms with Crippen LogP contribution >= 0.6 is 0 Å². The van der Waals surface area contributed by atoms with E-state index in [0.29, 0.717) is 36.8 Å². The lowest BCUT2D eigenvalue weighted by Crippen LogP contribution is -2.29. The molecule has 0 aliphatic carbocycles. The Morgan fingerprint density at radius 1 is 1.48 bits per heavy atom. The minimum absolute atomic E-state index is 0.404. The highest BCUT2D eigenvalue weighted by molar-refractivity contribution is 5.44. The molecule has 1 saturated heterocycles. The number of hydrogen-bond acceptors (Lipinski definition) is 6. The number of hydrogen-bond donors (Lipinski definition) is 2. The van der Waals surface area contributed by atoms with Gasteiger partial charge in [0, 0.05) is 31.8 Å². The zero-order chi connectivity index (χ0) is 15.2. The minimum atomic E-state index is 0.404. The third-order valence-corrected chi connectivity index (χ3v) is 3.85. The van der Waals surface area contributed by atoms with E-state index in [1.165, 1.54) is 13.0 Å². The molecule has 2 heterocycles. The van der Waals surface area contributed by atoms with Crippen LogP contribution in [0.1, 0.15) is 33.0 Å². The molecule has 1 aliphatic heterocycles. The van der Waals surface area contributed by atoms with E-state index in [9.17, 15) is 0 Å². The first-order chi connectivity index (χ1) is 10.1. The van der Waals surface area contributed by atoms with E-state index >= 15 is 0 Å². The van der Waals surface area contributed by atoms with Crippen molar-refractivity contribution in [3.05, 3.63) is 11.9 Å². The predicted octanol–water partition coefficient (Wildman–Crippen LogP) is 1.74. The maximum atomic E-state index is 5.82. The molecule has 1 atom stereocenters. The van der Waals surface area contributed by atoms with Gasteiger partial charge in [0.2, 0.25) is 0 Å². The van der Waals surface area contributed by atoms with E-state index in [-0.39, 0.29) is 0 Å². The molecule has 1 fully saturated rings. The van der Waals surface area contributed by atoms with Gasteiger partial charge in [0.05, 0.1) is 0 Å². The van der Waals surface area contributed by atoms with Crippen LogP contribution in [0.4, 0.5) is 11.6 Å². The maximum absolute atomic E-state index is 5.82. The van der Waals surface area contributed by atoms with Crippen LogP contribution in [0.2, 0.25) is 0 Å². The molecule has 0 spiro atoms. The first kappa shape index (κ1) is 16.0. The summed E-state index contributed by atoms with van der Waals surface area (Å²) < 4.78 is 5.33. The second-order valence-electron chi connectivity index (χ2n) is 5.86. The Morgan fingerprint density at radius 2 is 2.29 bits per heavy atom. The summed E-state index contributed by atoms with van der Waals surface area (Å²) in [5.41, 5.74) is 5.82. The molecule has 0 aromatic carbocycles. The Balaban J connectivity index is 1.87. The summed E-state index contributed by atoms with van der Waals surface area (Å²) in [6.45, 7) is 10.8. The number of rotatable bonds is 7. The van der Waals surface area contributed by atoms with E-state index in [4.69, 9.17) is 10.5 Å². The summed E-state index contributed by atoms with van der Waals surface area (Å²) in [6, 6.07) is 2.41. The second-order valence-corrected chi connectivity index (χ2v) is 5.86. The molecule has 1 unspecified atom stereocenters. The van der Waals surface area contributed by atoms with Crippen molar-refractivity contribution in [1.82, 2.24) is 14.9 Å². The van der Waals surface area contributed by atoms with Crippen molar-refractivity contribution < 1.29 is 4.74 Å². The molecule has 6 nitrogen and oxygen atoms in total. The zero-order valence-corrected chi connectivity index (χ0v) is 13.3. The molecule has 6 heteroatoms. The number of aromatic nitrogens is 2. The molecule has 1 aliphatic rings. The third kappa shape index (κ3) is 4.82. The number of nitrogens with two attached hydrogens (primary N) is 1. The van der Waals surface area contributed by atoms with Crippen molar-refractivity contribution in [2.24, 2.45) is 5.92 Å². The smallest absolute Gasteiger partial charge is 0.158 e. The van der Waals surface area contributed by atoms with Crippen LogP contribution in [0.3, 0.4) is 0 Å². The Labute approximate surface area is 127 Å². The van der Waals surface area contributed by atoms with Crippen LogP contribution in [-0.4, -0.2) is 47.2 Å². The van der Waals surface area contributed by atoms with Gasteiger partial charge in [-0.3, -0.25) is 0 Å². The molecule has 1 aromatic rings. The fraction of sp³-hybridized carbons (Fsp3) is 0.733. The summed E-state index contributed by atoms with van der Waals surface area (Å²) in [5.74, 6) is 2.58. The van der Waals surface area contributed by atoms with Crippen molar-refractivity contribution in [3.63, 3.8) is 0 Å². The van der Waals surface area contributed by atoms with Gasteiger partial charge in [-0.15, -0.1) is 0 Å². The number of anilines is 2. The van der Waals surface area contributed by atoms with Gasteiger partial charge in [-0.05, 0) is 39.7 Å². The predicted molar refractivity (Wildman–Crippen MR) is 85.1 cm³/mol. The fourth-order valence-electron chi connectivity index (χ4n) is 2.61. The van der Waals surface area contributed by atoms with Gasteiger partial charge in [-0.2, -0.15) is 0 Å².